The fourth-order valence-electron chi connectivity index (χ4n) is 4.20. The molecule has 0 bridgehead atoms. The van der Waals surface area contributed by atoms with Crippen LogP contribution in [0.5, 0.6) is 0 Å². The molecule has 36 heavy (non-hydrogen) atoms. The molecule has 4 heterocycles. The predicted octanol–water partition coefficient (Wildman–Crippen LogP) is 3.71. The monoisotopic (exact) mass is 505 g/mol. The lowest BCUT2D eigenvalue weighted by Gasteiger charge is -2.28. The standard InChI is InChI=1S/C25H27N7O3S/c1-3-26-25(33)31-36(2,34)18-6-4-17(5-7-18)20-16-22(32-12-14-35-15-13-32)29-23-19(20)8-10-27-24(23)21-9-11-28-30-21/h4-11,16H,3,12-15H2,1-2H3,(H,26,33)(H,28,30). The first-order valence-electron chi connectivity index (χ1n) is 11.7. The van der Waals surface area contributed by atoms with Crippen LogP contribution in [0.2, 0.25) is 0 Å². The third kappa shape index (κ3) is 4.79. The highest BCUT2D eigenvalue weighted by Gasteiger charge is 2.19. The van der Waals surface area contributed by atoms with Crippen LogP contribution in [-0.2, 0) is 14.5 Å². The Morgan fingerprint density at radius 1 is 1.17 bits per heavy atom. The number of anilines is 1. The minimum absolute atomic E-state index is 0.423. The molecular weight excluding hydrogens is 478 g/mol. The predicted molar refractivity (Wildman–Crippen MR) is 139 cm³/mol. The zero-order valence-electron chi connectivity index (χ0n) is 20.1. The Kier molecular flexibility index (Phi) is 6.66. The van der Waals surface area contributed by atoms with Crippen molar-refractivity contribution in [2.45, 2.75) is 11.8 Å². The van der Waals surface area contributed by atoms with Gasteiger partial charge in [0.05, 0.1) is 28.6 Å². The number of benzene rings is 1. The average molecular weight is 506 g/mol. The fraction of sp³-hybridized carbons (Fsp3) is 0.280. The van der Waals surface area contributed by atoms with Crippen LogP contribution < -0.4 is 10.2 Å². The third-order valence-corrected chi connectivity index (χ3v) is 7.65. The van der Waals surface area contributed by atoms with Gasteiger partial charge in [0.15, 0.2) is 0 Å². The Morgan fingerprint density at radius 2 is 1.94 bits per heavy atom. The Morgan fingerprint density at radius 3 is 2.64 bits per heavy atom. The third-order valence-electron chi connectivity index (χ3n) is 5.99. The van der Waals surface area contributed by atoms with Gasteiger partial charge in [-0.3, -0.25) is 10.1 Å². The second-order valence-electron chi connectivity index (χ2n) is 8.41. The Bertz CT molecular complexity index is 1500. The van der Waals surface area contributed by atoms with Crippen molar-refractivity contribution in [3.8, 4) is 22.5 Å². The molecule has 4 aromatic rings. The number of aromatic nitrogens is 4. The molecule has 0 saturated carbocycles. The van der Waals surface area contributed by atoms with Crippen LogP contribution in [0.15, 0.2) is 64.1 Å². The van der Waals surface area contributed by atoms with Gasteiger partial charge in [-0.05, 0) is 48.4 Å². The zero-order valence-corrected chi connectivity index (χ0v) is 20.9. The van der Waals surface area contributed by atoms with Crippen LogP contribution in [0.3, 0.4) is 0 Å². The highest BCUT2D eigenvalue weighted by Crippen LogP contribution is 2.35. The summed E-state index contributed by atoms with van der Waals surface area (Å²) in [7, 11) is -2.88. The van der Waals surface area contributed by atoms with E-state index in [1.807, 2.05) is 24.3 Å². The molecule has 11 heteroatoms. The number of hydrogen-bond acceptors (Lipinski definition) is 7. The molecule has 1 aromatic carbocycles. The van der Waals surface area contributed by atoms with E-state index < -0.39 is 15.8 Å². The van der Waals surface area contributed by atoms with Crippen molar-refractivity contribution in [2.75, 3.05) is 44.0 Å². The van der Waals surface area contributed by atoms with E-state index in [-0.39, 0.29) is 0 Å². The molecule has 5 rings (SSSR count). The molecule has 1 saturated heterocycles. The Hall–Kier alpha value is -3.83. The summed E-state index contributed by atoms with van der Waals surface area (Å²) in [4.78, 5) is 24.2. The number of ether oxygens (including phenoxy) is 1. The molecule has 186 valence electrons. The number of H-pyrrole nitrogens is 1. The molecule has 0 radical (unpaired) electrons. The van der Waals surface area contributed by atoms with Crippen molar-refractivity contribution >= 4 is 32.5 Å². The fourth-order valence-corrected chi connectivity index (χ4v) is 5.33. The number of aromatic amines is 1. The van der Waals surface area contributed by atoms with Crippen molar-refractivity contribution < 1.29 is 13.7 Å². The lowest BCUT2D eigenvalue weighted by Crippen LogP contribution is -2.36. The summed E-state index contributed by atoms with van der Waals surface area (Å²) in [6.07, 6.45) is 4.92. The quantitative estimate of drug-likeness (QED) is 0.423. The van der Waals surface area contributed by atoms with E-state index in [0.717, 1.165) is 52.3 Å². The molecule has 1 aliphatic heterocycles. The number of carbonyl (C=O) groups excluding carboxylic acids is 1. The topological polar surface area (TPSA) is 125 Å². The summed E-state index contributed by atoms with van der Waals surface area (Å²) < 4.78 is 22.5. The van der Waals surface area contributed by atoms with E-state index in [4.69, 9.17) is 9.72 Å². The second-order valence-corrected chi connectivity index (χ2v) is 10.7. The molecule has 1 fully saturated rings. The molecule has 2 N–H and O–H groups in total. The first-order chi connectivity index (χ1) is 17.5. The minimum atomic E-state index is -2.88. The SMILES string of the molecule is CCNC(=O)N=S(C)(=O)c1ccc(-c2cc(N3CCOCC3)nc3c(-c4ccn[nH]4)nccc23)cc1. The van der Waals surface area contributed by atoms with Gasteiger partial charge in [0, 0.05) is 48.6 Å². The number of amides is 2. The van der Waals surface area contributed by atoms with Crippen LogP contribution in [0.4, 0.5) is 10.6 Å². The van der Waals surface area contributed by atoms with E-state index in [1.165, 1.54) is 6.26 Å². The van der Waals surface area contributed by atoms with Crippen LogP contribution in [0, 0.1) is 0 Å². The van der Waals surface area contributed by atoms with Crippen molar-refractivity contribution in [3.05, 3.63) is 54.9 Å². The Balaban J connectivity index is 1.64. The molecular formula is C25H27N7O3S. The molecule has 1 unspecified atom stereocenters. The first-order valence-corrected chi connectivity index (χ1v) is 13.6. The van der Waals surface area contributed by atoms with Gasteiger partial charge < -0.3 is 15.0 Å². The summed E-state index contributed by atoms with van der Waals surface area (Å²) in [6, 6.07) is 12.6. The maximum absolute atomic E-state index is 13.1. The summed E-state index contributed by atoms with van der Waals surface area (Å²) in [5.74, 6) is 0.837. The number of carbonyl (C=O) groups is 1. The average Bonchev–Trinajstić information content (AvgIpc) is 3.43. The van der Waals surface area contributed by atoms with E-state index >= 15 is 0 Å². The molecule has 2 amide bonds. The van der Waals surface area contributed by atoms with Gasteiger partial charge in [-0.25, -0.2) is 14.0 Å². The Labute approximate surface area is 209 Å². The van der Waals surface area contributed by atoms with Gasteiger partial charge in [0.2, 0.25) is 0 Å². The molecule has 3 aromatic heterocycles. The summed E-state index contributed by atoms with van der Waals surface area (Å²) in [5.41, 5.74) is 4.16. The number of nitrogens with zero attached hydrogens (tertiary/aromatic N) is 5. The molecule has 0 spiro atoms. The number of pyridine rings is 2. The normalized spacial score (nSPS) is 15.4. The van der Waals surface area contributed by atoms with E-state index in [1.54, 1.807) is 31.5 Å². The smallest absolute Gasteiger partial charge is 0.349 e. The van der Waals surface area contributed by atoms with E-state index in [0.29, 0.717) is 24.7 Å². The number of fused-ring (bicyclic) bond motifs is 1. The van der Waals surface area contributed by atoms with Gasteiger partial charge in [-0.2, -0.15) is 5.10 Å². The molecule has 1 aliphatic rings. The van der Waals surface area contributed by atoms with Crippen molar-refractivity contribution in [3.63, 3.8) is 0 Å². The van der Waals surface area contributed by atoms with Gasteiger partial charge in [-0.15, -0.1) is 4.36 Å². The molecule has 0 aliphatic carbocycles. The molecule has 10 nitrogen and oxygen atoms in total. The number of hydrogen-bond donors (Lipinski definition) is 2. The van der Waals surface area contributed by atoms with E-state index in [2.05, 4.69) is 35.8 Å². The molecule has 1 atom stereocenters. The minimum Gasteiger partial charge on any atom is -0.378 e. The highest BCUT2D eigenvalue weighted by atomic mass is 32.2. The van der Waals surface area contributed by atoms with Crippen molar-refractivity contribution in [1.82, 2.24) is 25.5 Å². The van der Waals surface area contributed by atoms with Gasteiger partial charge in [0.25, 0.3) is 0 Å². The van der Waals surface area contributed by atoms with Crippen LogP contribution in [-0.4, -0.2) is 69.5 Å². The second kappa shape index (κ2) is 10.0. The lowest BCUT2D eigenvalue weighted by atomic mass is 10.00. The van der Waals surface area contributed by atoms with Crippen molar-refractivity contribution in [1.29, 1.82) is 0 Å². The first kappa shape index (κ1) is 23.9. The summed E-state index contributed by atoms with van der Waals surface area (Å²) in [6.45, 7) is 4.99. The van der Waals surface area contributed by atoms with E-state index in [9.17, 15) is 9.00 Å². The van der Waals surface area contributed by atoms with Crippen LogP contribution in [0.25, 0.3) is 33.4 Å². The van der Waals surface area contributed by atoms with Gasteiger partial charge >= 0.3 is 6.03 Å². The van der Waals surface area contributed by atoms with Gasteiger partial charge in [-0.1, -0.05) is 12.1 Å². The lowest BCUT2D eigenvalue weighted by molar-refractivity contribution is 0.122. The number of urea groups is 1. The number of morpholine rings is 1. The summed E-state index contributed by atoms with van der Waals surface area (Å²) in [5, 5.41) is 10.6. The number of rotatable bonds is 5. The van der Waals surface area contributed by atoms with Crippen LogP contribution >= 0.6 is 0 Å². The summed E-state index contributed by atoms with van der Waals surface area (Å²) >= 11 is 0. The maximum Gasteiger partial charge on any atom is 0.349 e. The van der Waals surface area contributed by atoms with Crippen molar-refractivity contribution in [2.24, 2.45) is 4.36 Å². The number of nitrogens with one attached hydrogen (secondary N) is 2. The van der Waals surface area contributed by atoms with Gasteiger partial charge in [0.1, 0.15) is 17.0 Å². The largest absolute Gasteiger partial charge is 0.378 e. The zero-order chi connectivity index (χ0) is 25.1. The van der Waals surface area contributed by atoms with Crippen LogP contribution in [0.1, 0.15) is 6.92 Å². The maximum atomic E-state index is 13.1. The highest BCUT2D eigenvalue weighted by molar-refractivity contribution is 7.93.